The van der Waals surface area contributed by atoms with E-state index in [9.17, 15) is 14.4 Å². The van der Waals surface area contributed by atoms with Gasteiger partial charge >= 0.3 is 17.9 Å². The van der Waals surface area contributed by atoms with Crippen LogP contribution < -0.4 is 0 Å². The van der Waals surface area contributed by atoms with Crippen molar-refractivity contribution in [2.45, 2.75) is 361 Å². The summed E-state index contributed by atoms with van der Waals surface area (Å²) in [6.07, 6.45) is 91.9. The molecule has 0 aliphatic carbocycles. The van der Waals surface area contributed by atoms with Gasteiger partial charge in [0.1, 0.15) is 13.2 Å². The molecule has 0 aromatic heterocycles. The zero-order valence-corrected chi connectivity index (χ0v) is 53.8. The van der Waals surface area contributed by atoms with Crippen LogP contribution in [0.4, 0.5) is 0 Å². The fourth-order valence-corrected chi connectivity index (χ4v) is 10.1. The summed E-state index contributed by atoms with van der Waals surface area (Å²) >= 11 is 0. The number of hydrogen-bond donors (Lipinski definition) is 0. The first-order chi connectivity index (χ1) is 40.0. The van der Waals surface area contributed by atoms with Crippen molar-refractivity contribution in [3.8, 4) is 0 Å². The summed E-state index contributed by atoms with van der Waals surface area (Å²) in [4.78, 5) is 38.4. The third-order valence-electron chi connectivity index (χ3n) is 15.4. The molecule has 0 amide bonds. The van der Waals surface area contributed by atoms with Gasteiger partial charge in [-0.05, 0) is 116 Å². The van der Waals surface area contributed by atoms with Crippen LogP contribution in [-0.2, 0) is 28.6 Å². The Labute approximate surface area is 503 Å². The van der Waals surface area contributed by atoms with Crippen molar-refractivity contribution in [2.24, 2.45) is 0 Å². The van der Waals surface area contributed by atoms with E-state index in [1.165, 1.54) is 199 Å². The van der Waals surface area contributed by atoms with Gasteiger partial charge < -0.3 is 14.2 Å². The summed E-state index contributed by atoms with van der Waals surface area (Å²) in [7, 11) is 0. The molecule has 6 heteroatoms. The van der Waals surface area contributed by atoms with E-state index in [1.54, 1.807) is 0 Å². The normalized spacial score (nSPS) is 12.6. The maximum absolute atomic E-state index is 12.9. The van der Waals surface area contributed by atoms with Gasteiger partial charge in [0.15, 0.2) is 6.10 Å². The summed E-state index contributed by atoms with van der Waals surface area (Å²) in [6.45, 7) is 6.51. The van der Waals surface area contributed by atoms with Gasteiger partial charge in [0.2, 0.25) is 0 Å². The summed E-state index contributed by atoms with van der Waals surface area (Å²) in [5.74, 6) is -0.892. The minimum Gasteiger partial charge on any atom is -0.462 e. The minimum absolute atomic E-state index is 0.0827. The van der Waals surface area contributed by atoms with E-state index in [-0.39, 0.29) is 31.1 Å². The van der Waals surface area contributed by atoms with Crippen LogP contribution in [0.15, 0.2) is 85.1 Å². The van der Waals surface area contributed by atoms with Gasteiger partial charge in [-0.15, -0.1) is 0 Å². The Bertz CT molecular complexity index is 1530. The molecular formula is C75H132O6. The lowest BCUT2D eigenvalue weighted by atomic mass is 10.0. The number of ether oxygens (including phenoxy) is 3. The number of allylic oxidation sites excluding steroid dienone is 14. The Morgan fingerprint density at radius 1 is 0.259 bits per heavy atom. The molecule has 0 aromatic carbocycles. The fourth-order valence-electron chi connectivity index (χ4n) is 10.1. The largest absolute Gasteiger partial charge is 0.462 e. The van der Waals surface area contributed by atoms with Crippen LogP contribution in [0.5, 0.6) is 0 Å². The van der Waals surface area contributed by atoms with Crippen molar-refractivity contribution in [2.75, 3.05) is 13.2 Å². The highest BCUT2D eigenvalue weighted by molar-refractivity contribution is 5.71. The SMILES string of the molecule is CC/C=C\C/C=C\C/C=C\CCCCCCCC(=O)OCC(COC(=O)CCCCCCCCCCCCCCCCCCCCC/C=C\C/C=C\CCCCCCC)OC(=O)CCCCCCCCC/C=C\C/C=C\CCCCC. The van der Waals surface area contributed by atoms with Crippen molar-refractivity contribution in [3.05, 3.63) is 85.1 Å². The number of esters is 3. The number of unbranched alkanes of at least 4 members (excludes halogenated alkanes) is 39. The standard InChI is InChI=1S/C75H132O6/c1-4-7-10-13-16-19-22-25-28-30-31-32-33-34-35-36-37-38-39-40-41-42-43-45-47-50-53-56-59-62-65-68-74(77)80-71-72(70-79-73(76)67-64-61-58-55-52-49-46-27-24-21-18-15-12-9-6-3)81-75(78)69-66-63-60-57-54-51-48-44-29-26-23-20-17-14-11-8-5-2/h9,12,17-18,20-22,25-27,29-31,46,72H,4-8,10-11,13-16,19,23-24,28,32-45,47-71H2,1-3H3/b12-9-,20-17-,21-18-,25-22-,29-26-,31-30-,46-27-. The Kier molecular flexibility index (Phi) is 66.2. The molecule has 0 radical (unpaired) electrons. The monoisotopic (exact) mass is 1130 g/mol. The molecule has 468 valence electrons. The van der Waals surface area contributed by atoms with E-state index < -0.39 is 6.10 Å². The minimum atomic E-state index is -0.789. The second kappa shape index (κ2) is 69.1. The Balaban J connectivity index is 4.22. The van der Waals surface area contributed by atoms with Gasteiger partial charge in [-0.2, -0.15) is 0 Å². The lowest BCUT2D eigenvalue weighted by molar-refractivity contribution is -0.167. The number of hydrogen-bond acceptors (Lipinski definition) is 6. The van der Waals surface area contributed by atoms with Crippen molar-refractivity contribution in [1.29, 1.82) is 0 Å². The third-order valence-corrected chi connectivity index (χ3v) is 15.4. The molecular weight excluding hydrogens is 997 g/mol. The van der Waals surface area contributed by atoms with Gasteiger partial charge in [0.25, 0.3) is 0 Å². The maximum Gasteiger partial charge on any atom is 0.306 e. The van der Waals surface area contributed by atoms with Crippen molar-refractivity contribution < 1.29 is 28.6 Å². The van der Waals surface area contributed by atoms with Crippen molar-refractivity contribution >= 4 is 17.9 Å². The molecule has 1 atom stereocenters. The highest BCUT2D eigenvalue weighted by atomic mass is 16.6. The fraction of sp³-hybridized carbons (Fsp3) is 0.773. The molecule has 0 saturated heterocycles. The van der Waals surface area contributed by atoms with E-state index in [0.717, 1.165) is 116 Å². The molecule has 0 heterocycles. The predicted octanol–water partition coefficient (Wildman–Crippen LogP) is 24.2. The van der Waals surface area contributed by atoms with Crippen molar-refractivity contribution in [3.63, 3.8) is 0 Å². The smallest absolute Gasteiger partial charge is 0.306 e. The molecule has 1 unspecified atom stereocenters. The third kappa shape index (κ3) is 67.3. The second-order valence-electron chi connectivity index (χ2n) is 23.4. The first-order valence-electron chi connectivity index (χ1n) is 35.1. The highest BCUT2D eigenvalue weighted by Gasteiger charge is 2.19. The first-order valence-corrected chi connectivity index (χ1v) is 35.1. The maximum atomic E-state index is 12.9. The van der Waals surface area contributed by atoms with Gasteiger partial charge in [-0.1, -0.05) is 305 Å². The summed E-state index contributed by atoms with van der Waals surface area (Å²) in [5, 5.41) is 0. The summed E-state index contributed by atoms with van der Waals surface area (Å²) in [5.41, 5.74) is 0. The quantitative estimate of drug-likeness (QED) is 0.0261. The molecule has 0 rings (SSSR count). The highest BCUT2D eigenvalue weighted by Crippen LogP contribution is 2.17. The zero-order chi connectivity index (χ0) is 58.5. The van der Waals surface area contributed by atoms with E-state index in [1.807, 2.05) is 0 Å². The van der Waals surface area contributed by atoms with Crippen molar-refractivity contribution in [1.82, 2.24) is 0 Å². The van der Waals surface area contributed by atoms with E-state index in [0.29, 0.717) is 19.3 Å². The van der Waals surface area contributed by atoms with E-state index >= 15 is 0 Å². The van der Waals surface area contributed by atoms with E-state index in [4.69, 9.17) is 14.2 Å². The van der Waals surface area contributed by atoms with Gasteiger partial charge in [0, 0.05) is 19.3 Å². The number of carbonyl (C=O) groups excluding carboxylic acids is 3. The van der Waals surface area contributed by atoms with Crippen LogP contribution in [0.2, 0.25) is 0 Å². The van der Waals surface area contributed by atoms with Gasteiger partial charge in [-0.25, -0.2) is 0 Å². The molecule has 0 spiro atoms. The Morgan fingerprint density at radius 2 is 0.481 bits per heavy atom. The lowest BCUT2D eigenvalue weighted by Gasteiger charge is -2.18. The molecule has 0 saturated carbocycles. The van der Waals surface area contributed by atoms with Gasteiger partial charge in [-0.3, -0.25) is 14.4 Å². The van der Waals surface area contributed by atoms with E-state index in [2.05, 4.69) is 106 Å². The Hall–Kier alpha value is -3.41. The summed E-state index contributed by atoms with van der Waals surface area (Å²) < 4.78 is 17.0. The van der Waals surface area contributed by atoms with Crippen LogP contribution in [-0.4, -0.2) is 37.2 Å². The summed E-state index contributed by atoms with van der Waals surface area (Å²) in [6, 6.07) is 0. The zero-order valence-electron chi connectivity index (χ0n) is 53.8. The molecule has 0 bridgehead atoms. The second-order valence-corrected chi connectivity index (χ2v) is 23.4. The molecule has 81 heavy (non-hydrogen) atoms. The molecule has 0 fully saturated rings. The Morgan fingerprint density at radius 3 is 0.778 bits per heavy atom. The lowest BCUT2D eigenvalue weighted by Crippen LogP contribution is -2.30. The van der Waals surface area contributed by atoms with Gasteiger partial charge in [0.05, 0.1) is 0 Å². The topological polar surface area (TPSA) is 78.9 Å². The molecule has 0 aliphatic rings. The first kappa shape index (κ1) is 77.6. The average Bonchev–Trinajstić information content (AvgIpc) is 3.47. The van der Waals surface area contributed by atoms with Crippen LogP contribution in [0.1, 0.15) is 355 Å². The molecule has 0 N–H and O–H groups in total. The number of carbonyl (C=O) groups is 3. The predicted molar refractivity (Wildman–Crippen MR) is 353 cm³/mol. The number of rotatable bonds is 64. The van der Waals surface area contributed by atoms with Crippen LogP contribution in [0.25, 0.3) is 0 Å². The van der Waals surface area contributed by atoms with Crippen LogP contribution in [0.3, 0.4) is 0 Å². The molecule has 0 aromatic rings. The van der Waals surface area contributed by atoms with Crippen LogP contribution in [0, 0.1) is 0 Å². The van der Waals surface area contributed by atoms with Crippen LogP contribution >= 0.6 is 0 Å². The molecule has 6 nitrogen and oxygen atoms in total. The molecule has 0 aliphatic heterocycles. The average molecular weight is 1130 g/mol.